The summed E-state index contributed by atoms with van der Waals surface area (Å²) in [5.74, 6) is -0.332. The third-order valence-corrected chi connectivity index (χ3v) is 4.40. The van der Waals surface area contributed by atoms with E-state index in [2.05, 4.69) is 9.97 Å². The molecule has 0 aliphatic carbocycles. The maximum Gasteiger partial charge on any atom is 0.257 e. The molecule has 2 aromatic rings. The molecule has 26 heavy (non-hydrogen) atoms. The number of aromatic nitrogens is 2. The molecule has 1 aromatic carbocycles. The Labute approximate surface area is 152 Å². The SMILES string of the molecule is COc1ccc(F)cc1C(=O)N1CCO[C@@H](CCc2cc(C)ncn2)C1. The number of morpholine rings is 1. The van der Waals surface area contributed by atoms with Crippen molar-refractivity contribution in [1.29, 1.82) is 0 Å². The fourth-order valence-corrected chi connectivity index (χ4v) is 3.05. The van der Waals surface area contributed by atoms with Crippen molar-refractivity contribution in [2.45, 2.75) is 25.9 Å². The summed E-state index contributed by atoms with van der Waals surface area (Å²) in [4.78, 5) is 22.8. The van der Waals surface area contributed by atoms with Crippen LogP contribution in [0, 0.1) is 12.7 Å². The average Bonchev–Trinajstić information content (AvgIpc) is 2.66. The number of aryl methyl sites for hydroxylation is 2. The van der Waals surface area contributed by atoms with Gasteiger partial charge in [-0.1, -0.05) is 0 Å². The van der Waals surface area contributed by atoms with Gasteiger partial charge in [-0.05, 0) is 44.0 Å². The summed E-state index contributed by atoms with van der Waals surface area (Å²) >= 11 is 0. The Morgan fingerprint density at radius 2 is 2.23 bits per heavy atom. The van der Waals surface area contributed by atoms with Crippen molar-refractivity contribution < 1.29 is 18.7 Å². The molecule has 2 heterocycles. The van der Waals surface area contributed by atoms with Gasteiger partial charge in [0.15, 0.2) is 0 Å². The Bertz CT molecular complexity index is 784. The lowest BCUT2D eigenvalue weighted by Gasteiger charge is -2.33. The van der Waals surface area contributed by atoms with Crippen LogP contribution < -0.4 is 4.74 Å². The predicted molar refractivity (Wildman–Crippen MR) is 93.7 cm³/mol. The highest BCUT2D eigenvalue weighted by Gasteiger charge is 2.27. The second-order valence-electron chi connectivity index (χ2n) is 6.28. The molecule has 138 valence electrons. The fourth-order valence-electron chi connectivity index (χ4n) is 3.05. The van der Waals surface area contributed by atoms with E-state index in [-0.39, 0.29) is 17.6 Å². The summed E-state index contributed by atoms with van der Waals surface area (Å²) in [6.07, 6.45) is 2.97. The summed E-state index contributed by atoms with van der Waals surface area (Å²) in [5.41, 5.74) is 2.12. The van der Waals surface area contributed by atoms with Gasteiger partial charge in [-0.25, -0.2) is 14.4 Å². The first-order chi connectivity index (χ1) is 12.6. The van der Waals surface area contributed by atoms with Crippen molar-refractivity contribution in [1.82, 2.24) is 14.9 Å². The highest BCUT2D eigenvalue weighted by atomic mass is 19.1. The quantitative estimate of drug-likeness (QED) is 0.820. The van der Waals surface area contributed by atoms with Crippen molar-refractivity contribution >= 4 is 5.91 Å². The summed E-state index contributed by atoms with van der Waals surface area (Å²) in [5, 5.41) is 0. The first-order valence-electron chi connectivity index (χ1n) is 8.58. The van der Waals surface area contributed by atoms with Crippen molar-refractivity contribution in [3.63, 3.8) is 0 Å². The summed E-state index contributed by atoms with van der Waals surface area (Å²) in [6, 6.07) is 5.91. The number of ether oxygens (including phenoxy) is 2. The van der Waals surface area contributed by atoms with Crippen LogP contribution in [0.4, 0.5) is 4.39 Å². The molecule has 1 fully saturated rings. The van der Waals surface area contributed by atoms with Crippen LogP contribution in [0.5, 0.6) is 5.75 Å². The van der Waals surface area contributed by atoms with Gasteiger partial charge in [0.1, 0.15) is 17.9 Å². The molecule has 1 amide bonds. The normalized spacial score (nSPS) is 17.2. The van der Waals surface area contributed by atoms with Crippen LogP contribution in [0.3, 0.4) is 0 Å². The molecule has 0 saturated carbocycles. The van der Waals surface area contributed by atoms with Crippen LogP contribution >= 0.6 is 0 Å². The molecule has 1 saturated heterocycles. The molecule has 6 nitrogen and oxygen atoms in total. The molecule has 0 N–H and O–H groups in total. The maximum atomic E-state index is 13.6. The van der Waals surface area contributed by atoms with Crippen LogP contribution in [0.25, 0.3) is 0 Å². The zero-order valence-corrected chi connectivity index (χ0v) is 14.9. The molecular formula is C19H22FN3O3. The van der Waals surface area contributed by atoms with Crippen LogP contribution in [0.15, 0.2) is 30.6 Å². The van der Waals surface area contributed by atoms with Gasteiger partial charge in [-0.3, -0.25) is 4.79 Å². The summed E-state index contributed by atoms with van der Waals surface area (Å²) < 4.78 is 24.5. The van der Waals surface area contributed by atoms with Gasteiger partial charge in [0.25, 0.3) is 5.91 Å². The minimum absolute atomic E-state index is 0.0810. The monoisotopic (exact) mass is 359 g/mol. The number of methoxy groups -OCH3 is 1. The Kier molecular flexibility index (Phi) is 5.78. The largest absolute Gasteiger partial charge is 0.496 e. The number of benzene rings is 1. The smallest absolute Gasteiger partial charge is 0.257 e. The second kappa shape index (κ2) is 8.23. The van der Waals surface area contributed by atoms with E-state index >= 15 is 0 Å². The number of halogens is 1. The lowest BCUT2D eigenvalue weighted by atomic mass is 10.1. The Morgan fingerprint density at radius 1 is 1.38 bits per heavy atom. The van der Waals surface area contributed by atoms with Crippen LogP contribution in [-0.4, -0.2) is 53.7 Å². The van der Waals surface area contributed by atoms with Gasteiger partial charge >= 0.3 is 0 Å². The van der Waals surface area contributed by atoms with E-state index in [4.69, 9.17) is 9.47 Å². The molecule has 3 rings (SSSR count). The lowest BCUT2D eigenvalue weighted by Crippen LogP contribution is -2.45. The molecule has 7 heteroatoms. The van der Waals surface area contributed by atoms with Crippen LogP contribution in [0.1, 0.15) is 28.2 Å². The molecule has 0 spiro atoms. The minimum atomic E-state index is -0.460. The third-order valence-electron chi connectivity index (χ3n) is 4.40. The number of hydrogen-bond acceptors (Lipinski definition) is 5. The van der Waals surface area contributed by atoms with Crippen LogP contribution in [-0.2, 0) is 11.2 Å². The molecule has 1 aromatic heterocycles. The fraction of sp³-hybridized carbons (Fsp3) is 0.421. The molecule has 0 radical (unpaired) electrons. The topological polar surface area (TPSA) is 64.5 Å². The number of carbonyl (C=O) groups excluding carboxylic acids is 1. The minimum Gasteiger partial charge on any atom is -0.496 e. The highest BCUT2D eigenvalue weighted by molar-refractivity contribution is 5.97. The van der Waals surface area contributed by atoms with Crippen molar-refractivity contribution in [3.8, 4) is 5.75 Å². The van der Waals surface area contributed by atoms with E-state index in [0.29, 0.717) is 25.4 Å². The van der Waals surface area contributed by atoms with Crippen molar-refractivity contribution in [2.75, 3.05) is 26.8 Å². The molecule has 0 unspecified atom stereocenters. The molecule has 1 atom stereocenters. The van der Waals surface area contributed by atoms with Crippen molar-refractivity contribution in [2.24, 2.45) is 0 Å². The Balaban J connectivity index is 1.64. The summed E-state index contributed by atoms with van der Waals surface area (Å²) in [7, 11) is 1.47. The van der Waals surface area contributed by atoms with E-state index in [1.807, 2.05) is 13.0 Å². The Morgan fingerprint density at radius 3 is 3.00 bits per heavy atom. The zero-order valence-electron chi connectivity index (χ0n) is 14.9. The van der Waals surface area contributed by atoms with Gasteiger partial charge in [-0.15, -0.1) is 0 Å². The molecule has 1 aliphatic rings. The van der Waals surface area contributed by atoms with E-state index in [1.54, 1.807) is 11.2 Å². The van der Waals surface area contributed by atoms with E-state index in [0.717, 1.165) is 24.2 Å². The predicted octanol–water partition coefficient (Wildman–Crippen LogP) is 2.41. The number of rotatable bonds is 5. The van der Waals surface area contributed by atoms with Gasteiger partial charge < -0.3 is 14.4 Å². The summed E-state index contributed by atoms with van der Waals surface area (Å²) in [6.45, 7) is 3.32. The molecular weight excluding hydrogens is 337 g/mol. The van der Waals surface area contributed by atoms with Gasteiger partial charge in [-0.2, -0.15) is 0 Å². The lowest BCUT2D eigenvalue weighted by molar-refractivity contribution is -0.0247. The first-order valence-corrected chi connectivity index (χ1v) is 8.58. The van der Waals surface area contributed by atoms with E-state index in [9.17, 15) is 9.18 Å². The van der Waals surface area contributed by atoms with E-state index < -0.39 is 5.82 Å². The second-order valence-corrected chi connectivity index (χ2v) is 6.28. The maximum absolute atomic E-state index is 13.6. The zero-order chi connectivity index (χ0) is 18.5. The standard InChI is InChI=1S/C19H22FN3O3/c1-13-9-15(22-12-21-13)4-5-16-11-23(7-8-26-16)19(24)17-10-14(20)3-6-18(17)25-2/h3,6,9-10,12,16H,4-5,7-8,11H2,1-2H3/t16-/m0/s1. The number of nitrogens with zero attached hydrogens (tertiary/aromatic N) is 3. The van der Waals surface area contributed by atoms with Gasteiger partial charge in [0.2, 0.25) is 0 Å². The van der Waals surface area contributed by atoms with E-state index in [1.165, 1.54) is 25.3 Å². The first kappa shape index (κ1) is 18.3. The molecule has 0 bridgehead atoms. The molecule has 1 aliphatic heterocycles. The van der Waals surface area contributed by atoms with Crippen LogP contribution in [0.2, 0.25) is 0 Å². The average molecular weight is 359 g/mol. The van der Waals surface area contributed by atoms with Gasteiger partial charge in [0, 0.05) is 24.5 Å². The highest BCUT2D eigenvalue weighted by Crippen LogP contribution is 2.23. The van der Waals surface area contributed by atoms with Crippen molar-refractivity contribution in [3.05, 3.63) is 53.4 Å². The number of amides is 1. The number of hydrogen-bond donors (Lipinski definition) is 0. The third kappa shape index (κ3) is 4.35. The number of carbonyl (C=O) groups is 1. The van der Waals surface area contributed by atoms with Gasteiger partial charge in [0.05, 0.1) is 25.4 Å². The Hall–Kier alpha value is -2.54.